The number of carbonyl (C=O) groups excluding carboxylic acids is 1. The molecular weight excluding hydrogens is 294 g/mol. The molecule has 1 amide bonds. The fourth-order valence-electron chi connectivity index (χ4n) is 1.16. The van der Waals surface area contributed by atoms with E-state index in [0.717, 1.165) is 12.1 Å². The molecule has 0 radical (unpaired) electrons. The number of hydrogen-bond donors (Lipinski definition) is 2. The van der Waals surface area contributed by atoms with Crippen LogP contribution in [0.3, 0.4) is 0 Å². The summed E-state index contributed by atoms with van der Waals surface area (Å²) < 4.78 is 27.1. The van der Waals surface area contributed by atoms with E-state index in [1.54, 1.807) is 13.8 Å². The SMILES string of the molecule is CC(C)(N)CNC(=O)c1c(F)cc(Br)cc1F. The predicted molar refractivity (Wildman–Crippen MR) is 64.7 cm³/mol. The number of rotatable bonds is 3. The first-order chi connectivity index (χ1) is 7.70. The Morgan fingerprint density at radius 1 is 1.41 bits per heavy atom. The minimum absolute atomic E-state index is 0.126. The predicted octanol–water partition coefficient (Wildman–Crippen LogP) is 2.19. The van der Waals surface area contributed by atoms with E-state index in [9.17, 15) is 13.6 Å². The third kappa shape index (κ3) is 4.05. The Morgan fingerprint density at radius 2 is 1.88 bits per heavy atom. The molecule has 0 spiro atoms. The molecule has 0 aromatic heterocycles. The summed E-state index contributed by atoms with van der Waals surface area (Å²) in [4.78, 5) is 11.6. The van der Waals surface area contributed by atoms with Crippen LogP contribution in [0.15, 0.2) is 16.6 Å². The van der Waals surface area contributed by atoms with Crippen LogP contribution in [0.4, 0.5) is 8.78 Å². The number of benzene rings is 1. The second-order valence-electron chi connectivity index (χ2n) is 4.42. The van der Waals surface area contributed by atoms with E-state index < -0.39 is 28.6 Å². The summed E-state index contributed by atoms with van der Waals surface area (Å²) in [6.45, 7) is 3.52. The molecule has 6 heteroatoms. The number of nitrogens with one attached hydrogen (secondary N) is 1. The van der Waals surface area contributed by atoms with Crippen molar-refractivity contribution in [2.45, 2.75) is 19.4 Å². The van der Waals surface area contributed by atoms with Crippen LogP contribution in [0, 0.1) is 11.6 Å². The zero-order valence-electron chi connectivity index (χ0n) is 9.48. The van der Waals surface area contributed by atoms with Crippen LogP contribution in [0.5, 0.6) is 0 Å². The first-order valence-electron chi connectivity index (χ1n) is 4.92. The molecule has 0 aliphatic carbocycles. The van der Waals surface area contributed by atoms with Crippen molar-refractivity contribution < 1.29 is 13.6 Å². The van der Waals surface area contributed by atoms with Gasteiger partial charge < -0.3 is 11.1 Å². The molecule has 0 fully saturated rings. The molecule has 3 nitrogen and oxygen atoms in total. The van der Waals surface area contributed by atoms with E-state index in [1.807, 2.05) is 0 Å². The normalized spacial score (nSPS) is 11.4. The van der Waals surface area contributed by atoms with Gasteiger partial charge in [0.2, 0.25) is 0 Å². The summed E-state index contributed by atoms with van der Waals surface area (Å²) in [5.74, 6) is -2.64. The molecule has 0 saturated heterocycles. The van der Waals surface area contributed by atoms with Crippen molar-refractivity contribution in [2.75, 3.05) is 6.54 Å². The Morgan fingerprint density at radius 3 is 2.29 bits per heavy atom. The van der Waals surface area contributed by atoms with Gasteiger partial charge in [-0.3, -0.25) is 4.79 Å². The van der Waals surface area contributed by atoms with Crippen molar-refractivity contribution >= 4 is 21.8 Å². The zero-order valence-corrected chi connectivity index (χ0v) is 11.1. The maximum Gasteiger partial charge on any atom is 0.257 e. The molecule has 17 heavy (non-hydrogen) atoms. The lowest BCUT2D eigenvalue weighted by Gasteiger charge is -2.19. The summed E-state index contributed by atoms with van der Waals surface area (Å²) in [7, 11) is 0. The molecule has 0 atom stereocenters. The summed E-state index contributed by atoms with van der Waals surface area (Å²) >= 11 is 2.94. The molecule has 0 saturated carbocycles. The van der Waals surface area contributed by atoms with Gasteiger partial charge in [0.25, 0.3) is 5.91 Å². The lowest BCUT2D eigenvalue weighted by Crippen LogP contribution is -2.45. The van der Waals surface area contributed by atoms with Gasteiger partial charge in [0.15, 0.2) is 0 Å². The highest BCUT2D eigenvalue weighted by Gasteiger charge is 2.20. The van der Waals surface area contributed by atoms with Gasteiger partial charge in [0.05, 0.1) is 0 Å². The number of nitrogens with two attached hydrogens (primary N) is 1. The summed E-state index contributed by atoms with van der Waals surface area (Å²) in [6, 6.07) is 2.07. The van der Waals surface area contributed by atoms with Gasteiger partial charge in [-0.1, -0.05) is 15.9 Å². The second kappa shape index (κ2) is 5.10. The molecule has 94 valence electrons. The number of carbonyl (C=O) groups is 1. The van der Waals surface area contributed by atoms with Gasteiger partial charge in [-0.2, -0.15) is 0 Å². The third-order valence-electron chi connectivity index (χ3n) is 1.94. The highest BCUT2D eigenvalue weighted by molar-refractivity contribution is 9.10. The standard InChI is InChI=1S/C11H13BrF2N2O/c1-11(2,15)5-16-10(17)9-7(13)3-6(12)4-8(9)14/h3-4H,5,15H2,1-2H3,(H,16,17). The molecule has 0 bridgehead atoms. The smallest absolute Gasteiger partial charge is 0.257 e. The van der Waals surface area contributed by atoms with Gasteiger partial charge in [-0.25, -0.2) is 8.78 Å². The molecule has 1 aromatic carbocycles. The fourth-order valence-corrected chi connectivity index (χ4v) is 1.56. The van der Waals surface area contributed by atoms with Crippen LogP contribution in [-0.4, -0.2) is 18.0 Å². The topological polar surface area (TPSA) is 55.1 Å². The molecule has 0 heterocycles. The van der Waals surface area contributed by atoms with Crippen molar-refractivity contribution in [1.82, 2.24) is 5.32 Å². The summed E-state index contributed by atoms with van der Waals surface area (Å²) in [6.07, 6.45) is 0. The van der Waals surface area contributed by atoms with Crippen molar-refractivity contribution in [3.63, 3.8) is 0 Å². The van der Waals surface area contributed by atoms with Crippen LogP contribution in [-0.2, 0) is 0 Å². The van der Waals surface area contributed by atoms with E-state index in [-0.39, 0.29) is 11.0 Å². The molecule has 0 aliphatic heterocycles. The Balaban J connectivity index is 2.90. The van der Waals surface area contributed by atoms with Crippen molar-refractivity contribution in [1.29, 1.82) is 0 Å². The fraction of sp³-hybridized carbons (Fsp3) is 0.364. The van der Waals surface area contributed by atoms with E-state index >= 15 is 0 Å². The molecule has 1 aromatic rings. The number of hydrogen-bond acceptors (Lipinski definition) is 2. The Hall–Kier alpha value is -1.01. The molecule has 0 aliphatic rings. The minimum Gasteiger partial charge on any atom is -0.350 e. The Kier molecular flexibility index (Phi) is 4.21. The number of amides is 1. The van der Waals surface area contributed by atoms with E-state index in [4.69, 9.17) is 5.73 Å². The highest BCUT2D eigenvalue weighted by Crippen LogP contribution is 2.19. The van der Waals surface area contributed by atoms with Crippen LogP contribution in [0.25, 0.3) is 0 Å². The first-order valence-corrected chi connectivity index (χ1v) is 5.71. The lowest BCUT2D eigenvalue weighted by atomic mass is 10.1. The lowest BCUT2D eigenvalue weighted by molar-refractivity contribution is 0.0937. The third-order valence-corrected chi connectivity index (χ3v) is 2.40. The first kappa shape index (κ1) is 14.1. The van der Waals surface area contributed by atoms with Crippen LogP contribution < -0.4 is 11.1 Å². The molecular formula is C11H13BrF2N2O. The van der Waals surface area contributed by atoms with Crippen molar-refractivity contribution in [2.24, 2.45) is 5.73 Å². The zero-order chi connectivity index (χ0) is 13.2. The van der Waals surface area contributed by atoms with Gasteiger partial charge in [-0.05, 0) is 26.0 Å². The van der Waals surface area contributed by atoms with Crippen LogP contribution in [0.2, 0.25) is 0 Å². The minimum atomic E-state index is -0.913. The Labute approximate surface area is 107 Å². The average Bonchev–Trinajstić information content (AvgIpc) is 2.11. The maximum atomic E-state index is 13.4. The van der Waals surface area contributed by atoms with Crippen molar-refractivity contribution in [3.05, 3.63) is 33.8 Å². The largest absolute Gasteiger partial charge is 0.350 e. The molecule has 0 unspecified atom stereocenters. The van der Waals surface area contributed by atoms with Crippen LogP contribution in [0.1, 0.15) is 24.2 Å². The van der Waals surface area contributed by atoms with E-state index in [1.165, 1.54) is 0 Å². The molecule has 1 rings (SSSR count). The van der Waals surface area contributed by atoms with E-state index in [0.29, 0.717) is 0 Å². The summed E-state index contributed by atoms with van der Waals surface area (Å²) in [5, 5.41) is 2.38. The molecule has 3 N–H and O–H groups in total. The monoisotopic (exact) mass is 306 g/mol. The van der Waals surface area contributed by atoms with Crippen molar-refractivity contribution in [3.8, 4) is 0 Å². The van der Waals surface area contributed by atoms with Gasteiger partial charge in [-0.15, -0.1) is 0 Å². The average molecular weight is 307 g/mol. The van der Waals surface area contributed by atoms with Gasteiger partial charge in [0.1, 0.15) is 17.2 Å². The highest BCUT2D eigenvalue weighted by atomic mass is 79.9. The van der Waals surface area contributed by atoms with Gasteiger partial charge >= 0.3 is 0 Å². The van der Waals surface area contributed by atoms with Crippen LogP contribution >= 0.6 is 15.9 Å². The summed E-state index contributed by atoms with van der Waals surface area (Å²) in [5.41, 5.74) is 4.41. The number of halogens is 3. The Bertz CT molecular complexity index is 421. The van der Waals surface area contributed by atoms with E-state index in [2.05, 4.69) is 21.2 Å². The second-order valence-corrected chi connectivity index (χ2v) is 5.33. The quantitative estimate of drug-likeness (QED) is 0.899. The van der Waals surface area contributed by atoms with Gasteiger partial charge in [0, 0.05) is 16.6 Å². The maximum absolute atomic E-state index is 13.4.